The van der Waals surface area contributed by atoms with Gasteiger partial charge in [0.25, 0.3) is 0 Å². The maximum atomic E-state index is 9.21. The first-order valence-electron chi connectivity index (χ1n) is 7.02. The van der Waals surface area contributed by atoms with Crippen LogP contribution in [0.1, 0.15) is 38.7 Å². The summed E-state index contributed by atoms with van der Waals surface area (Å²) in [5.74, 6) is 2.31. The average Bonchev–Trinajstić information content (AvgIpc) is 2.64. The highest BCUT2D eigenvalue weighted by atomic mass is 15.2. The van der Waals surface area contributed by atoms with E-state index >= 15 is 0 Å². The third-order valence-electron chi connectivity index (χ3n) is 4.02. The SMILES string of the molecule is CC(C)C1CCCN(c2ncc(N)cc2C#N)CC1. The van der Waals surface area contributed by atoms with Crippen LogP contribution in [0.5, 0.6) is 0 Å². The van der Waals surface area contributed by atoms with Crippen LogP contribution in [0.2, 0.25) is 0 Å². The van der Waals surface area contributed by atoms with E-state index in [1.165, 1.54) is 19.3 Å². The number of rotatable bonds is 2. The van der Waals surface area contributed by atoms with E-state index in [0.717, 1.165) is 30.7 Å². The van der Waals surface area contributed by atoms with Gasteiger partial charge in [-0.15, -0.1) is 0 Å². The molecule has 1 aromatic rings. The highest BCUT2D eigenvalue weighted by molar-refractivity contribution is 5.58. The summed E-state index contributed by atoms with van der Waals surface area (Å²) < 4.78 is 0. The fraction of sp³-hybridized carbons (Fsp3) is 0.600. The zero-order chi connectivity index (χ0) is 13.8. The summed E-state index contributed by atoms with van der Waals surface area (Å²) in [5, 5.41) is 9.21. The normalized spacial score (nSPS) is 20.1. The van der Waals surface area contributed by atoms with Crippen LogP contribution in [0.4, 0.5) is 11.5 Å². The first-order valence-corrected chi connectivity index (χ1v) is 7.02. The van der Waals surface area contributed by atoms with Crippen LogP contribution in [-0.4, -0.2) is 18.1 Å². The Kier molecular flexibility index (Phi) is 4.26. The van der Waals surface area contributed by atoms with Crippen molar-refractivity contribution in [1.82, 2.24) is 4.98 Å². The first-order chi connectivity index (χ1) is 9.11. The number of nitrogen functional groups attached to an aromatic ring is 1. The molecule has 2 N–H and O–H groups in total. The fourth-order valence-electron chi connectivity index (χ4n) is 2.81. The van der Waals surface area contributed by atoms with Crippen LogP contribution in [0.3, 0.4) is 0 Å². The molecule has 0 aliphatic carbocycles. The van der Waals surface area contributed by atoms with E-state index < -0.39 is 0 Å². The van der Waals surface area contributed by atoms with E-state index in [1.54, 1.807) is 12.3 Å². The topological polar surface area (TPSA) is 65.9 Å². The molecular weight excluding hydrogens is 236 g/mol. The van der Waals surface area contributed by atoms with Gasteiger partial charge < -0.3 is 10.6 Å². The van der Waals surface area contributed by atoms with E-state index in [1.807, 2.05) is 0 Å². The van der Waals surface area contributed by atoms with E-state index in [-0.39, 0.29) is 0 Å². The molecule has 2 rings (SSSR count). The van der Waals surface area contributed by atoms with Gasteiger partial charge in [0.1, 0.15) is 11.9 Å². The lowest BCUT2D eigenvalue weighted by Crippen LogP contribution is -2.26. The molecule has 102 valence electrons. The van der Waals surface area contributed by atoms with Crippen molar-refractivity contribution >= 4 is 11.5 Å². The molecule has 1 aliphatic rings. The van der Waals surface area contributed by atoms with Gasteiger partial charge in [0, 0.05) is 13.1 Å². The molecule has 0 aromatic carbocycles. The summed E-state index contributed by atoms with van der Waals surface area (Å²) in [6, 6.07) is 3.92. The van der Waals surface area contributed by atoms with Crippen molar-refractivity contribution in [1.29, 1.82) is 5.26 Å². The van der Waals surface area contributed by atoms with Crippen molar-refractivity contribution in [2.45, 2.75) is 33.1 Å². The van der Waals surface area contributed by atoms with Crippen molar-refractivity contribution < 1.29 is 0 Å². The lowest BCUT2D eigenvalue weighted by molar-refractivity contribution is 0.351. The number of nitrogens with two attached hydrogens (primary N) is 1. The Labute approximate surface area is 115 Å². The first kappa shape index (κ1) is 13.7. The molecule has 0 radical (unpaired) electrons. The quantitative estimate of drug-likeness (QED) is 0.885. The Balaban J connectivity index is 2.17. The summed E-state index contributed by atoms with van der Waals surface area (Å²) in [6.07, 6.45) is 5.25. The number of hydrogen-bond donors (Lipinski definition) is 1. The van der Waals surface area contributed by atoms with Crippen LogP contribution in [0, 0.1) is 23.2 Å². The lowest BCUT2D eigenvalue weighted by Gasteiger charge is -2.23. The minimum Gasteiger partial charge on any atom is -0.397 e. The predicted molar refractivity (Wildman–Crippen MR) is 77.8 cm³/mol. The Morgan fingerprint density at radius 1 is 1.42 bits per heavy atom. The molecule has 0 amide bonds. The van der Waals surface area contributed by atoms with E-state index in [9.17, 15) is 5.26 Å². The second kappa shape index (κ2) is 5.92. The number of nitrogens with zero attached hydrogens (tertiary/aromatic N) is 3. The average molecular weight is 258 g/mol. The molecular formula is C15H22N4. The highest BCUT2D eigenvalue weighted by Gasteiger charge is 2.21. The maximum Gasteiger partial charge on any atom is 0.146 e. The largest absolute Gasteiger partial charge is 0.397 e. The van der Waals surface area contributed by atoms with Crippen molar-refractivity contribution in [3.63, 3.8) is 0 Å². The van der Waals surface area contributed by atoms with Gasteiger partial charge in [-0.2, -0.15) is 5.26 Å². The Morgan fingerprint density at radius 3 is 2.89 bits per heavy atom. The molecule has 1 atom stereocenters. The number of anilines is 2. The van der Waals surface area contributed by atoms with Crippen molar-refractivity contribution in [3.8, 4) is 6.07 Å². The smallest absolute Gasteiger partial charge is 0.146 e. The summed E-state index contributed by atoms with van der Waals surface area (Å²) in [6.45, 7) is 6.55. The molecule has 1 fully saturated rings. The van der Waals surface area contributed by atoms with Gasteiger partial charge in [0.05, 0.1) is 17.4 Å². The number of nitriles is 1. The van der Waals surface area contributed by atoms with Gasteiger partial charge in [-0.3, -0.25) is 0 Å². The van der Waals surface area contributed by atoms with Gasteiger partial charge in [-0.25, -0.2) is 4.98 Å². The molecule has 19 heavy (non-hydrogen) atoms. The van der Waals surface area contributed by atoms with Crippen LogP contribution >= 0.6 is 0 Å². The molecule has 4 nitrogen and oxygen atoms in total. The fourth-order valence-corrected chi connectivity index (χ4v) is 2.81. The Morgan fingerprint density at radius 2 is 2.21 bits per heavy atom. The summed E-state index contributed by atoms with van der Waals surface area (Å²) >= 11 is 0. The van der Waals surface area contributed by atoms with Gasteiger partial charge in [0.2, 0.25) is 0 Å². The van der Waals surface area contributed by atoms with E-state index in [4.69, 9.17) is 5.73 Å². The maximum absolute atomic E-state index is 9.21. The summed E-state index contributed by atoms with van der Waals surface area (Å²) in [7, 11) is 0. The number of pyridine rings is 1. The van der Waals surface area contributed by atoms with Crippen LogP contribution in [-0.2, 0) is 0 Å². The van der Waals surface area contributed by atoms with Crippen LogP contribution in [0.25, 0.3) is 0 Å². The lowest BCUT2D eigenvalue weighted by atomic mass is 9.89. The zero-order valence-corrected chi connectivity index (χ0v) is 11.8. The minimum absolute atomic E-state index is 0.551. The molecule has 4 heteroatoms. The second-order valence-corrected chi connectivity index (χ2v) is 5.67. The summed E-state index contributed by atoms with van der Waals surface area (Å²) in [5.41, 5.74) is 6.83. The molecule has 1 aromatic heterocycles. The minimum atomic E-state index is 0.551. The number of aromatic nitrogens is 1. The van der Waals surface area contributed by atoms with Gasteiger partial charge in [0.15, 0.2) is 0 Å². The van der Waals surface area contributed by atoms with Crippen LogP contribution in [0.15, 0.2) is 12.3 Å². The third-order valence-corrected chi connectivity index (χ3v) is 4.02. The van der Waals surface area contributed by atoms with Gasteiger partial charge >= 0.3 is 0 Å². The molecule has 1 unspecified atom stereocenters. The van der Waals surface area contributed by atoms with E-state index in [0.29, 0.717) is 11.3 Å². The van der Waals surface area contributed by atoms with Crippen molar-refractivity contribution in [2.24, 2.45) is 11.8 Å². The van der Waals surface area contributed by atoms with Crippen LogP contribution < -0.4 is 10.6 Å². The molecule has 1 saturated heterocycles. The van der Waals surface area contributed by atoms with Crippen molar-refractivity contribution in [2.75, 3.05) is 23.7 Å². The monoisotopic (exact) mass is 258 g/mol. The second-order valence-electron chi connectivity index (χ2n) is 5.67. The molecule has 0 saturated carbocycles. The predicted octanol–water partition coefficient (Wildman–Crippen LogP) is 2.80. The molecule has 0 bridgehead atoms. The van der Waals surface area contributed by atoms with Crippen molar-refractivity contribution in [3.05, 3.63) is 17.8 Å². The van der Waals surface area contributed by atoms with Gasteiger partial charge in [-0.05, 0) is 37.2 Å². The molecule has 1 aliphatic heterocycles. The zero-order valence-electron chi connectivity index (χ0n) is 11.8. The molecule has 0 spiro atoms. The standard InChI is InChI=1S/C15H22N4/c1-11(2)12-4-3-6-19(7-5-12)15-13(9-16)8-14(17)10-18-15/h8,10-12H,3-7,17H2,1-2H3. The highest BCUT2D eigenvalue weighted by Crippen LogP contribution is 2.28. The Bertz CT molecular complexity index is 476. The number of hydrogen-bond acceptors (Lipinski definition) is 4. The Hall–Kier alpha value is -1.76. The third kappa shape index (κ3) is 3.17. The summed E-state index contributed by atoms with van der Waals surface area (Å²) in [4.78, 5) is 6.60. The van der Waals surface area contributed by atoms with E-state index in [2.05, 4.69) is 29.8 Å². The van der Waals surface area contributed by atoms with Gasteiger partial charge in [-0.1, -0.05) is 13.8 Å². The molecule has 2 heterocycles.